The first kappa shape index (κ1) is 20.3. The Hall–Kier alpha value is -2.41. The Morgan fingerprint density at radius 2 is 1.89 bits per heavy atom. The molecule has 2 aliphatic heterocycles. The van der Waals surface area contributed by atoms with Gasteiger partial charge in [0.25, 0.3) is 0 Å². The molecule has 1 unspecified atom stereocenters. The number of nitrogens with zero attached hydrogens (tertiary/aromatic N) is 2. The Bertz CT molecular complexity index is 757. The summed E-state index contributed by atoms with van der Waals surface area (Å²) in [5, 5.41) is 9.06. The summed E-state index contributed by atoms with van der Waals surface area (Å²) in [4.78, 5) is 40.6. The van der Waals surface area contributed by atoms with Crippen molar-refractivity contribution in [2.45, 2.75) is 45.6 Å². The lowest BCUT2D eigenvalue weighted by atomic mass is 10.0. The molecule has 0 radical (unpaired) electrons. The molecule has 2 saturated heterocycles. The summed E-state index contributed by atoms with van der Waals surface area (Å²) in [6.45, 7) is 5.75. The van der Waals surface area contributed by atoms with E-state index in [9.17, 15) is 14.4 Å². The first-order valence-corrected chi connectivity index (χ1v) is 9.87. The van der Waals surface area contributed by atoms with E-state index in [1.165, 1.54) is 0 Å². The van der Waals surface area contributed by atoms with Crippen molar-refractivity contribution >= 4 is 23.5 Å². The van der Waals surface area contributed by atoms with Crippen molar-refractivity contribution in [1.82, 2.24) is 4.90 Å². The van der Waals surface area contributed by atoms with Crippen LogP contribution in [-0.2, 0) is 19.1 Å². The van der Waals surface area contributed by atoms with Gasteiger partial charge in [-0.15, -0.1) is 0 Å². The van der Waals surface area contributed by atoms with Crippen LogP contribution in [0.25, 0.3) is 0 Å². The first-order valence-electron chi connectivity index (χ1n) is 9.87. The Kier molecular flexibility index (Phi) is 6.34. The summed E-state index contributed by atoms with van der Waals surface area (Å²) < 4.78 is 5.37. The molecule has 0 bridgehead atoms. The number of carbonyl (C=O) groups is 3. The molecule has 2 amide bonds. The van der Waals surface area contributed by atoms with Crippen LogP contribution >= 0.6 is 0 Å². The fourth-order valence-corrected chi connectivity index (χ4v) is 3.94. The number of aliphatic carboxylic acids is 1. The molecule has 1 atom stereocenters. The largest absolute Gasteiger partial charge is 0.481 e. The highest BCUT2D eigenvalue weighted by atomic mass is 16.5. The number of hydrogen-bond acceptors (Lipinski definition) is 4. The van der Waals surface area contributed by atoms with Crippen LogP contribution in [0.1, 0.15) is 36.8 Å². The van der Waals surface area contributed by atoms with Crippen LogP contribution in [0.15, 0.2) is 18.2 Å². The van der Waals surface area contributed by atoms with Crippen molar-refractivity contribution in [1.29, 1.82) is 0 Å². The number of carbonyl (C=O) groups excluding carboxylic acids is 2. The molecule has 152 valence electrons. The van der Waals surface area contributed by atoms with Gasteiger partial charge in [-0.1, -0.05) is 6.07 Å². The Morgan fingerprint density at radius 3 is 2.54 bits per heavy atom. The van der Waals surface area contributed by atoms with E-state index in [0.717, 1.165) is 16.8 Å². The van der Waals surface area contributed by atoms with Crippen molar-refractivity contribution in [2.24, 2.45) is 5.92 Å². The normalized spacial score (nSPS) is 20.4. The number of ether oxygens (including phenoxy) is 1. The third-order valence-electron chi connectivity index (χ3n) is 5.79. The number of amides is 2. The Labute approximate surface area is 165 Å². The predicted molar refractivity (Wildman–Crippen MR) is 104 cm³/mol. The van der Waals surface area contributed by atoms with Crippen LogP contribution in [0.4, 0.5) is 5.69 Å². The molecule has 1 aromatic carbocycles. The molecule has 2 aliphatic rings. The van der Waals surface area contributed by atoms with Crippen LogP contribution in [0.5, 0.6) is 0 Å². The van der Waals surface area contributed by atoms with Gasteiger partial charge in [-0.05, 0) is 56.4 Å². The highest BCUT2D eigenvalue weighted by Gasteiger charge is 2.41. The maximum atomic E-state index is 13.2. The quantitative estimate of drug-likeness (QED) is 0.755. The summed E-state index contributed by atoms with van der Waals surface area (Å²) in [6, 6.07) is 5.80. The van der Waals surface area contributed by atoms with Crippen molar-refractivity contribution in [3.05, 3.63) is 29.3 Å². The van der Waals surface area contributed by atoms with Gasteiger partial charge in [-0.3, -0.25) is 14.4 Å². The van der Waals surface area contributed by atoms with Gasteiger partial charge < -0.3 is 19.6 Å². The lowest BCUT2D eigenvalue weighted by molar-refractivity contribution is -0.144. The Balaban J connectivity index is 1.75. The number of carboxylic acids is 1. The van der Waals surface area contributed by atoms with E-state index in [2.05, 4.69) is 0 Å². The molecule has 3 rings (SSSR count). The van der Waals surface area contributed by atoms with Crippen molar-refractivity contribution < 1.29 is 24.2 Å². The van der Waals surface area contributed by atoms with Crippen LogP contribution in [0, 0.1) is 19.8 Å². The van der Waals surface area contributed by atoms with Gasteiger partial charge in [-0.25, -0.2) is 0 Å². The summed E-state index contributed by atoms with van der Waals surface area (Å²) in [6.07, 6.45) is 1.68. The number of rotatable bonds is 6. The molecule has 28 heavy (non-hydrogen) atoms. The van der Waals surface area contributed by atoms with E-state index in [4.69, 9.17) is 9.84 Å². The average Bonchev–Trinajstić information content (AvgIpc) is 3.06. The molecule has 2 fully saturated rings. The van der Waals surface area contributed by atoms with Crippen LogP contribution in [0.2, 0.25) is 0 Å². The fraction of sp³-hybridized carbons (Fsp3) is 0.571. The number of carboxylic acid groups (broad SMARTS) is 1. The molecule has 2 heterocycles. The van der Waals surface area contributed by atoms with Crippen LogP contribution in [0.3, 0.4) is 0 Å². The zero-order valence-corrected chi connectivity index (χ0v) is 16.5. The minimum Gasteiger partial charge on any atom is -0.481 e. The number of aryl methyl sites for hydroxylation is 2. The van der Waals surface area contributed by atoms with Gasteiger partial charge in [0.1, 0.15) is 5.92 Å². The monoisotopic (exact) mass is 388 g/mol. The van der Waals surface area contributed by atoms with Crippen molar-refractivity contribution in [2.75, 3.05) is 31.2 Å². The predicted octanol–water partition coefficient (Wildman–Crippen LogP) is 2.14. The van der Waals surface area contributed by atoms with Crippen LogP contribution in [-0.4, -0.2) is 60.1 Å². The van der Waals surface area contributed by atoms with Crippen molar-refractivity contribution in [3.8, 4) is 0 Å². The lowest BCUT2D eigenvalue weighted by Gasteiger charge is -2.35. The minimum absolute atomic E-state index is 0.0657. The van der Waals surface area contributed by atoms with E-state index < -0.39 is 11.9 Å². The maximum Gasteiger partial charge on any atom is 0.305 e. The van der Waals surface area contributed by atoms with E-state index in [1.807, 2.05) is 32.0 Å². The van der Waals surface area contributed by atoms with E-state index in [-0.39, 0.29) is 30.8 Å². The Morgan fingerprint density at radius 1 is 1.18 bits per heavy atom. The third-order valence-corrected chi connectivity index (χ3v) is 5.79. The molecule has 1 aromatic rings. The highest BCUT2D eigenvalue weighted by Crippen LogP contribution is 2.29. The second-order valence-electron chi connectivity index (χ2n) is 7.62. The average molecular weight is 388 g/mol. The zero-order chi connectivity index (χ0) is 20.3. The number of benzene rings is 1. The van der Waals surface area contributed by atoms with Gasteiger partial charge in [0, 0.05) is 38.0 Å². The van der Waals surface area contributed by atoms with Gasteiger partial charge in [0.2, 0.25) is 11.8 Å². The lowest BCUT2D eigenvalue weighted by Crippen LogP contribution is -2.48. The second-order valence-corrected chi connectivity index (χ2v) is 7.62. The summed E-state index contributed by atoms with van der Waals surface area (Å²) >= 11 is 0. The van der Waals surface area contributed by atoms with E-state index in [1.54, 1.807) is 9.80 Å². The standard InChI is InChI=1S/C21H28N2O5/c1-14-3-4-17(13-15(14)2)23-9-5-18(21(23)27)20(26)22(10-6-19(24)25)16-7-11-28-12-8-16/h3-4,13,16,18H,5-12H2,1-2H3,(H,24,25). The molecular formula is C21H28N2O5. The van der Waals surface area contributed by atoms with Gasteiger partial charge in [-0.2, -0.15) is 0 Å². The highest BCUT2D eigenvalue weighted by molar-refractivity contribution is 6.09. The molecular weight excluding hydrogens is 360 g/mol. The zero-order valence-electron chi connectivity index (χ0n) is 16.5. The van der Waals surface area contributed by atoms with Gasteiger partial charge >= 0.3 is 5.97 Å². The van der Waals surface area contributed by atoms with Gasteiger partial charge in [0.05, 0.1) is 6.42 Å². The first-order chi connectivity index (χ1) is 13.4. The summed E-state index contributed by atoms with van der Waals surface area (Å²) in [5.41, 5.74) is 3.07. The molecule has 7 nitrogen and oxygen atoms in total. The SMILES string of the molecule is Cc1ccc(N2CCC(C(=O)N(CCC(=O)O)C3CCOCC3)C2=O)cc1C. The maximum absolute atomic E-state index is 13.2. The number of hydrogen-bond donors (Lipinski definition) is 1. The second kappa shape index (κ2) is 8.73. The third kappa shape index (κ3) is 4.35. The molecule has 0 aliphatic carbocycles. The molecule has 0 saturated carbocycles. The molecule has 7 heteroatoms. The van der Waals surface area contributed by atoms with Crippen molar-refractivity contribution in [3.63, 3.8) is 0 Å². The minimum atomic E-state index is -0.945. The number of anilines is 1. The van der Waals surface area contributed by atoms with E-state index >= 15 is 0 Å². The summed E-state index contributed by atoms with van der Waals surface area (Å²) in [7, 11) is 0. The van der Waals surface area contributed by atoms with Gasteiger partial charge in [0.15, 0.2) is 0 Å². The topological polar surface area (TPSA) is 87.2 Å². The summed E-state index contributed by atoms with van der Waals surface area (Å²) in [5.74, 6) is -2.12. The molecule has 0 spiro atoms. The molecule has 0 aromatic heterocycles. The molecule has 1 N–H and O–H groups in total. The fourth-order valence-electron chi connectivity index (χ4n) is 3.94. The van der Waals surface area contributed by atoms with Crippen LogP contribution < -0.4 is 4.90 Å². The smallest absolute Gasteiger partial charge is 0.305 e. The van der Waals surface area contributed by atoms with E-state index in [0.29, 0.717) is 39.0 Å².